The molecule has 0 fully saturated rings. The van der Waals surface area contributed by atoms with E-state index in [1.807, 2.05) is 30.3 Å². The summed E-state index contributed by atoms with van der Waals surface area (Å²) in [6, 6.07) is 11.1. The first-order valence-corrected chi connectivity index (χ1v) is 7.69. The SMILES string of the molecule is CCNC(c1ccc(F)c(C)c1)c1cc(OC)ccc1Br. The fourth-order valence-electron chi connectivity index (χ4n) is 2.33. The van der Waals surface area contributed by atoms with Crippen molar-refractivity contribution < 1.29 is 9.13 Å². The molecule has 4 heteroatoms. The summed E-state index contributed by atoms with van der Waals surface area (Å²) < 4.78 is 19.8. The second kappa shape index (κ2) is 7.05. The van der Waals surface area contributed by atoms with Crippen LogP contribution in [0.4, 0.5) is 4.39 Å². The molecular formula is C17H19BrFNO. The molecule has 21 heavy (non-hydrogen) atoms. The Kier molecular flexibility index (Phi) is 5.37. The lowest BCUT2D eigenvalue weighted by Gasteiger charge is -2.21. The number of ether oxygens (including phenoxy) is 1. The molecule has 0 saturated carbocycles. The first-order chi connectivity index (χ1) is 10.1. The van der Waals surface area contributed by atoms with Crippen LogP contribution in [0.25, 0.3) is 0 Å². The molecule has 0 aliphatic rings. The molecule has 2 aromatic rings. The standard InChI is InChI=1S/C17H19BrFNO/c1-4-20-17(12-5-8-16(19)11(2)9-12)14-10-13(21-3)6-7-15(14)18/h5-10,17,20H,4H2,1-3H3. The van der Waals surface area contributed by atoms with Gasteiger partial charge in [-0.25, -0.2) is 4.39 Å². The minimum Gasteiger partial charge on any atom is -0.497 e. The maximum absolute atomic E-state index is 13.5. The van der Waals surface area contributed by atoms with Crippen molar-refractivity contribution >= 4 is 15.9 Å². The highest BCUT2D eigenvalue weighted by Gasteiger charge is 2.17. The van der Waals surface area contributed by atoms with Crippen molar-refractivity contribution in [3.63, 3.8) is 0 Å². The summed E-state index contributed by atoms with van der Waals surface area (Å²) in [5.74, 6) is 0.619. The van der Waals surface area contributed by atoms with E-state index in [1.165, 1.54) is 6.07 Å². The lowest BCUT2D eigenvalue weighted by atomic mass is 9.97. The average Bonchev–Trinajstić information content (AvgIpc) is 2.49. The van der Waals surface area contributed by atoms with Gasteiger partial charge in [0.25, 0.3) is 0 Å². The van der Waals surface area contributed by atoms with Crippen molar-refractivity contribution in [1.82, 2.24) is 5.32 Å². The quantitative estimate of drug-likeness (QED) is 0.849. The Labute approximate surface area is 133 Å². The van der Waals surface area contributed by atoms with Crippen LogP contribution in [-0.4, -0.2) is 13.7 Å². The third-order valence-electron chi connectivity index (χ3n) is 3.44. The van der Waals surface area contributed by atoms with Crippen LogP contribution in [0.1, 0.15) is 29.7 Å². The van der Waals surface area contributed by atoms with Crippen molar-refractivity contribution in [2.75, 3.05) is 13.7 Å². The minimum absolute atomic E-state index is 0.0150. The predicted octanol–water partition coefficient (Wildman–Crippen LogP) is 4.60. The molecule has 0 aliphatic heterocycles. The monoisotopic (exact) mass is 351 g/mol. The molecular weight excluding hydrogens is 333 g/mol. The average molecular weight is 352 g/mol. The highest BCUT2D eigenvalue weighted by Crippen LogP contribution is 2.32. The van der Waals surface area contributed by atoms with Crippen LogP contribution in [0.3, 0.4) is 0 Å². The molecule has 1 unspecified atom stereocenters. The zero-order valence-electron chi connectivity index (χ0n) is 12.4. The van der Waals surface area contributed by atoms with E-state index in [0.717, 1.165) is 27.9 Å². The van der Waals surface area contributed by atoms with E-state index in [4.69, 9.17) is 4.74 Å². The zero-order chi connectivity index (χ0) is 15.4. The summed E-state index contributed by atoms with van der Waals surface area (Å²) in [5, 5.41) is 3.45. The van der Waals surface area contributed by atoms with Gasteiger partial charge in [-0.3, -0.25) is 0 Å². The van der Waals surface area contributed by atoms with Crippen molar-refractivity contribution in [2.45, 2.75) is 19.9 Å². The number of nitrogens with one attached hydrogen (secondary N) is 1. The van der Waals surface area contributed by atoms with Crippen LogP contribution in [0, 0.1) is 12.7 Å². The molecule has 0 saturated heterocycles. The van der Waals surface area contributed by atoms with E-state index < -0.39 is 0 Å². The van der Waals surface area contributed by atoms with E-state index >= 15 is 0 Å². The molecule has 2 rings (SSSR count). The van der Waals surface area contributed by atoms with Gasteiger partial charge in [0.2, 0.25) is 0 Å². The number of methoxy groups -OCH3 is 1. The molecule has 112 valence electrons. The molecule has 0 aromatic heterocycles. The fourth-order valence-corrected chi connectivity index (χ4v) is 2.80. The summed E-state index contributed by atoms with van der Waals surface area (Å²) in [6.45, 7) is 4.64. The third kappa shape index (κ3) is 3.63. The van der Waals surface area contributed by atoms with Gasteiger partial charge < -0.3 is 10.1 Å². The lowest BCUT2D eigenvalue weighted by molar-refractivity contribution is 0.413. The summed E-state index contributed by atoms with van der Waals surface area (Å²) in [7, 11) is 1.65. The van der Waals surface area contributed by atoms with Gasteiger partial charge in [-0.15, -0.1) is 0 Å². The zero-order valence-corrected chi connectivity index (χ0v) is 14.0. The van der Waals surface area contributed by atoms with Gasteiger partial charge in [0.1, 0.15) is 11.6 Å². The Bertz CT molecular complexity index is 630. The van der Waals surface area contributed by atoms with Crippen LogP contribution < -0.4 is 10.1 Å². The minimum atomic E-state index is -0.182. The number of hydrogen-bond acceptors (Lipinski definition) is 2. The Hall–Kier alpha value is -1.39. The topological polar surface area (TPSA) is 21.3 Å². The summed E-state index contributed by atoms with van der Waals surface area (Å²) in [6.07, 6.45) is 0. The van der Waals surface area contributed by atoms with E-state index in [0.29, 0.717) is 5.56 Å². The Morgan fingerprint density at radius 2 is 2.00 bits per heavy atom. The highest BCUT2D eigenvalue weighted by molar-refractivity contribution is 9.10. The van der Waals surface area contributed by atoms with Gasteiger partial charge in [0, 0.05) is 4.47 Å². The number of hydrogen-bond donors (Lipinski definition) is 1. The molecule has 0 heterocycles. The number of aryl methyl sites for hydroxylation is 1. The second-order valence-electron chi connectivity index (χ2n) is 4.89. The van der Waals surface area contributed by atoms with E-state index in [9.17, 15) is 4.39 Å². The van der Waals surface area contributed by atoms with Gasteiger partial charge in [-0.2, -0.15) is 0 Å². The maximum Gasteiger partial charge on any atom is 0.126 e. The van der Waals surface area contributed by atoms with Gasteiger partial charge in [0.05, 0.1) is 13.2 Å². The first kappa shape index (κ1) is 16.0. The van der Waals surface area contributed by atoms with Gasteiger partial charge in [-0.1, -0.05) is 35.0 Å². The first-order valence-electron chi connectivity index (χ1n) is 6.89. The number of halogens is 2. The van der Waals surface area contributed by atoms with Gasteiger partial charge >= 0.3 is 0 Å². The smallest absolute Gasteiger partial charge is 0.126 e. The van der Waals surface area contributed by atoms with E-state index in [2.05, 4.69) is 28.2 Å². The maximum atomic E-state index is 13.5. The number of benzene rings is 2. The highest BCUT2D eigenvalue weighted by atomic mass is 79.9. The van der Waals surface area contributed by atoms with Crippen LogP contribution in [0.5, 0.6) is 5.75 Å². The summed E-state index contributed by atoms with van der Waals surface area (Å²) in [5.41, 5.74) is 2.75. The van der Waals surface area contributed by atoms with Crippen molar-refractivity contribution in [1.29, 1.82) is 0 Å². The number of rotatable bonds is 5. The molecule has 2 aromatic carbocycles. The Morgan fingerprint density at radius 3 is 2.62 bits per heavy atom. The largest absolute Gasteiger partial charge is 0.497 e. The molecule has 0 radical (unpaired) electrons. The molecule has 0 aliphatic carbocycles. The van der Waals surface area contributed by atoms with Crippen LogP contribution in [0.2, 0.25) is 0 Å². The summed E-state index contributed by atoms with van der Waals surface area (Å²) in [4.78, 5) is 0. The van der Waals surface area contributed by atoms with Crippen LogP contribution in [0.15, 0.2) is 40.9 Å². The molecule has 0 bridgehead atoms. The van der Waals surface area contributed by atoms with E-state index in [1.54, 1.807) is 14.0 Å². The summed E-state index contributed by atoms with van der Waals surface area (Å²) >= 11 is 3.59. The fraction of sp³-hybridized carbons (Fsp3) is 0.294. The van der Waals surface area contributed by atoms with Crippen molar-refractivity contribution in [2.24, 2.45) is 0 Å². The van der Waals surface area contributed by atoms with Crippen LogP contribution in [-0.2, 0) is 0 Å². The second-order valence-corrected chi connectivity index (χ2v) is 5.74. The Balaban J connectivity index is 2.49. The predicted molar refractivity (Wildman–Crippen MR) is 87.4 cm³/mol. The van der Waals surface area contributed by atoms with E-state index in [-0.39, 0.29) is 11.9 Å². The third-order valence-corrected chi connectivity index (χ3v) is 4.16. The van der Waals surface area contributed by atoms with Crippen molar-refractivity contribution in [3.8, 4) is 5.75 Å². The van der Waals surface area contributed by atoms with Crippen LogP contribution >= 0.6 is 15.9 Å². The molecule has 1 atom stereocenters. The molecule has 2 nitrogen and oxygen atoms in total. The van der Waals surface area contributed by atoms with Crippen molar-refractivity contribution in [3.05, 3.63) is 63.4 Å². The Morgan fingerprint density at radius 1 is 1.24 bits per heavy atom. The van der Waals surface area contributed by atoms with Gasteiger partial charge in [-0.05, 0) is 54.4 Å². The molecule has 0 spiro atoms. The lowest BCUT2D eigenvalue weighted by Crippen LogP contribution is -2.22. The van der Waals surface area contributed by atoms with Gasteiger partial charge in [0.15, 0.2) is 0 Å². The molecule has 1 N–H and O–H groups in total. The molecule has 0 amide bonds. The normalized spacial score (nSPS) is 12.2.